The fourth-order valence-electron chi connectivity index (χ4n) is 4.43. The van der Waals surface area contributed by atoms with Crippen LogP contribution in [0.1, 0.15) is 43.0 Å². The van der Waals surface area contributed by atoms with Crippen molar-refractivity contribution >= 4 is 44.1 Å². The zero-order chi connectivity index (χ0) is 26.8. The topological polar surface area (TPSA) is 89.0 Å². The number of benzene rings is 3. The van der Waals surface area contributed by atoms with Crippen LogP contribution in [0.2, 0.25) is 0 Å². The second-order valence-corrected chi connectivity index (χ2v) is 10.0. The molecule has 1 unspecified atom stereocenters. The Hall–Kier alpha value is -4.17. The van der Waals surface area contributed by atoms with E-state index in [2.05, 4.69) is 4.98 Å². The minimum absolute atomic E-state index is 0.0235. The number of Topliss-reactive ketones (excluding diaryl/α,β-unsaturated/α-hetero) is 1. The summed E-state index contributed by atoms with van der Waals surface area (Å²) in [6, 6.07) is 19.1. The quantitative estimate of drug-likeness (QED) is 0.161. The molecule has 3 aromatic carbocycles. The SMILES string of the molecule is CCCOc1ccc(/C(O)=C2\C(=O)C(=O)N(c3nc4ccc(OCC)cc4s3)C2c2ccc(C)cc2)cc1. The minimum atomic E-state index is -0.835. The van der Waals surface area contributed by atoms with Crippen LogP contribution in [0.4, 0.5) is 5.13 Å². The Morgan fingerprint density at radius 2 is 1.68 bits per heavy atom. The summed E-state index contributed by atoms with van der Waals surface area (Å²) in [6.07, 6.45) is 0.875. The number of amides is 1. The van der Waals surface area contributed by atoms with Crippen molar-refractivity contribution in [1.82, 2.24) is 4.98 Å². The summed E-state index contributed by atoms with van der Waals surface area (Å²) in [6.45, 7) is 7.01. The standard InChI is InChI=1S/C30H28N2O5S/c1-4-16-37-21-12-10-20(11-13-21)27(33)25-26(19-8-6-18(3)7-9-19)32(29(35)28(25)34)30-31-23-15-14-22(36-5-2)17-24(23)38-30/h6-15,17,26,33H,4-5,16H2,1-3H3/b27-25+. The van der Waals surface area contributed by atoms with Gasteiger partial charge in [-0.2, -0.15) is 0 Å². The molecule has 0 aliphatic carbocycles. The smallest absolute Gasteiger partial charge is 0.301 e. The molecule has 38 heavy (non-hydrogen) atoms. The molecule has 1 aliphatic rings. The number of ketones is 1. The van der Waals surface area contributed by atoms with E-state index in [0.29, 0.717) is 46.5 Å². The van der Waals surface area contributed by atoms with Gasteiger partial charge in [0, 0.05) is 5.56 Å². The highest BCUT2D eigenvalue weighted by atomic mass is 32.1. The molecule has 1 fully saturated rings. The maximum Gasteiger partial charge on any atom is 0.301 e. The first-order chi connectivity index (χ1) is 18.4. The summed E-state index contributed by atoms with van der Waals surface area (Å²) >= 11 is 1.30. The first-order valence-corrected chi connectivity index (χ1v) is 13.4. The first kappa shape index (κ1) is 25.5. The number of thiazole rings is 1. The van der Waals surface area contributed by atoms with Gasteiger partial charge in [-0.25, -0.2) is 4.98 Å². The van der Waals surface area contributed by atoms with Gasteiger partial charge in [0.1, 0.15) is 17.3 Å². The number of fused-ring (bicyclic) bond motifs is 1. The maximum atomic E-state index is 13.5. The molecule has 1 amide bonds. The van der Waals surface area contributed by atoms with Crippen molar-refractivity contribution in [3.05, 3.63) is 89.0 Å². The van der Waals surface area contributed by atoms with Gasteiger partial charge in [0.15, 0.2) is 5.13 Å². The van der Waals surface area contributed by atoms with Crippen LogP contribution in [0.5, 0.6) is 11.5 Å². The summed E-state index contributed by atoms with van der Waals surface area (Å²) in [4.78, 5) is 33.0. The highest BCUT2D eigenvalue weighted by Gasteiger charge is 2.48. The Balaban J connectivity index is 1.62. The van der Waals surface area contributed by atoms with Crippen LogP contribution < -0.4 is 14.4 Å². The van der Waals surface area contributed by atoms with Crippen molar-refractivity contribution in [2.45, 2.75) is 33.2 Å². The van der Waals surface area contributed by atoms with Crippen LogP contribution >= 0.6 is 11.3 Å². The van der Waals surface area contributed by atoms with E-state index in [1.165, 1.54) is 16.2 Å². The number of hydrogen-bond donors (Lipinski definition) is 1. The molecular formula is C30H28N2O5S. The molecular weight excluding hydrogens is 500 g/mol. The largest absolute Gasteiger partial charge is 0.507 e. The highest BCUT2D eigenvalue weighted by Crippen LogP contribution is 2.44. The van der Waals surface area contributed by atoms with Gasteiger partial charge in [-0.1, -0.05) is 48.1 Å². The van der Waals surface area contributed by atoms with Crippen molar-refractivity contribution in [3.63, 3.8) is 0 Å². The zero-order valence-electron chi connectivity index (χ0n) is 21.4. The predicted octanol–water partition coefficient (Wildman–Crippen LogP) is 6.42. The lowest BCUT2D eigenvalue weighted by atomic mass is 9.95. The number of carbonyl (C=O) groups excluding carboxylic acids is 2. The number of hydrogen-bond acceptors (Lipinski definition) is 7. The average Bonchev–Trinajstić information content (AvgIpc) is 3.45. The van der Waals surface area contributed by atoms with E-state index in [1.807, 2.05) is 63.2 Å². The Morgan fingerprint density at radius 3 is 2.37 bits per heavy atom. The second-order valence-electron chi connectivity index (χ2n) is 9.01. The third-order valence-electron chi connectivity index (χ3n) is 6.30. The molecule has 2 heterocycles. The Kier molecular flexibility index (Phi) is 7.15. The van der Waals surface area contributed by atoms with Gasteiger partial charge >= 0.3 is 5.91 Å². The fourth-order valence-corrected chi connectivity index (χ4v) is 5.45. The van der Waals surface area contributed by atoms with Crippen LogP contribution in [0.15, 0.2) is 72.3 Å². The molecule has 194 valence electrons. The number of aliphatic hydroxyl groups excluding tert-OH is 1. The van der Waals surface area contributed by atoms with Crippen LogP contribution in [0.25, 0.3) is 16.0 Å². The lowest BCUT2D eigenvalue weighted by Gasteiger charge is -2.23. The van der Waals surface area contributed by atoms with Gasteiger partial charge in [0.05, 0.1) is 35.0 Å². The van der Waals surface area contributed by atoms with Crippen molar-refractivity contribution in [1.29, 1.82) is 0 Å². The normalized spacial score (nSPS) is 16.8. The Bertz CT molecular complexity index is 1520. The number of carbonyl (C=O) groups is 2. The van der Waals surface area contributed by atoms with Crippen molar-refractivity contribution in [2.75, 3.05) is 18.1 Å². The van der Waals surface area contributed by atoms with Crippen molar-refractivity contribution in [3.8, 4) is 11.5 Å². The van der Waals surface area contributed by atoms with Crippen molar-refractivity contribution < 1.29 is 24.2 Å². The van der Waals surface area contributed by atoms with Gasteiger partial charge in [-0.15, -0.1) is 0 Å². The summed E-state index contributed by atoms with van der Waals surface area (Å²) in [7, 11) is 0. The summed E-state index contributed by atoms with van der Waals surface area (Å²) in [5, 5.41) is 11.7. The number of nitrogens with zero attached hydrogens (tertiary/aromatic N) is 2. The van der Waals surface area contributed by atoms with Crippen LogP contribution in [0.3, 0.4) is 0 Å². The van der Waals surface area contributed by atoms with E-state index < -0.39 is 17.7 Å². The molecule has 0 bridgehead atoms. The van der Waals surface area contributed by atoms with E-state index in [1.54, 1.807) is 24.3 Å². The van der Waals surface area contributed by atoms with Gasteiger partial charge < -0.3 is 14.6 Å². The maximum absolute atomic E-state index is 13.5. The first-order valence-electron chi connectivity index (χ1n) is 12.6. The van der Waals surface area contributed by atoms with Crippen LogP contribution in [-0.4, -0.2) is 35.0 Å². The second kappa shape index (κ2) is 10.7. The number of ether oxygens (including phenoxy) is 2. The van der Waals surface area contributed by atoms with Crippen molar-refractivity contribution in [2.24, 2.45) is 0 Å². The zero-order valence-corrected chi connectivity index (χ0v) is 22.2. The van der Waals surface area contributed by atoms with Crippen LogP contribution in [0, 0.1) is 6.92 Å². The van der Waals surface area contributed by atoms with E-state index in [9.17, 15) is 14.7 Å². The van der Waals surface area contributed by atoms with Gasteiger partial charge in [-0.05, 0) is 68.3 Å². The van der Waals surface area contributed by atoms with Gasteiger partial charge in [0.25, 0.3) is 5.78 Å². The molecule has 0 radical (unpaired) electrons. The number of aliphatic hydroxyl groups is 1. The summed E-state index contributed by atoms with van der Waals surface area (Å²) < 4.78 is 12.1. The lowest BCUT2D eigenvalue weighted by Crippen LogP contribution is -2.29. The number of anilines is 1. The molecule has 0 spiro atoms. The minimum Gasteiger partial charge on any atom is -0.507 e. The van der Waals surface area contributed by atoms with Crippen LogP contribution in [-0.2, 0) is 9.59 Å². The number of aryl methyl sites for hydroxylation is 1. The van der Waals surface area contributed by atoms with E-state index in [0.717, 1.165) is 16.7 Å². The average molecular weight is 529 g/mol. The molecule has 8 heteroatoms. The number of aromatic nitrogens is 1. The number of rotatable bonds is 8. The fraction of sp³-hybridized carbons (Fsp3) is 0.233. The summed E-state index contributed by atoms with van der Waals surface area (Å²) in [5.74, 6) is -0.352. The Labute approximate surface area is 225 Å². The third kappa shape index (κ3) is 4.75. The van der Waals surface area contributed by atoms with Gasteiger partial charge in [-0.3, -0.25) is 14.5 Å². The third-order valence-corrected chi connectivity index (χ3v) is 7.32. The molecule has 4 aromatic rings. The molecule has 1 aliphatic heterocycles. The van der Waals surface area contributed by atoms with E-state index in [-0.39, 0.29) is 11.3 Å². The lowest BCUT2D eigenvalue weighted by molar-refractivity contribution is -0.132. The predicted molar refractivity (Wildman–Crippen MR) is 149 cm³/mol. The van der Waals surface area contributed by atoms with Gasteiger partial charge in [0.2, 0.25) is 0 Å². The Morgan fingerprint density at radius 1 is 0.974 bits per heavy atom. The molecule has 0 saturated carbocycles. The molecule has 1 saturated heterocycles. The highest BCUT2D eigenvalue weighted by molar-refractivity contribution is 7.22. The monoisotopic (exact) mass is 528 g/mol. The summed E-state index contributed by atoms with van der Waals surface area (Å²) in [5.41, 5.74) is 2.89. The molecule has 1 N–H and O–H groups in total. The van der Waals surface area contributed by atoms with E-state index in [4.69, 9.17) is 9.47 Å². The molecule has 5 rings (SSSR count). The van der Waals surface area contributed by atoms with E-state index >= 15 is 0 Å². The molecule has 1 atom stereocenters. The molecule has 7 nitrogen and oxygen atoms in total. The molecule has 1 aromatic heterocycles.